The minimum atomic E-state index is 0.0694. The lowest BCUT2D eigenvalue weighted by molar-refractivity contribution is 0.0672. The molecule has 1 atom stereocenters. The molecule has 2 heterocycles. The second-order valence-corrected chi connectivity index (χ2v) is 6.15. The Morgan fingerprint density at radius 2 is 2.17 bits per heavy atom. The molecule has 6 nitrogen and oxygen atoms in total. The van der Waals surface area contributed by atoms with Crippen molar-refractivity contribution in [1.29, 1.82) is 0 Å². The molecule has 0 N–H and O–H groups in total. The number of hydrogen-bond donors (Lipinski definition) is 0. The molecule has 3 rings (SSSR count). The van der Waals surface area contributed by atoms with Crippen LogP contribution in [0.2, 0.25) is 0 Å². The van der Waals surface area contributed by atoms with Gasteiger partial charge in [-0.3, -0.25) is 4.79 Å². The van der Waals surface area contributed by atoms with Crippen LogP contribution in [0.5, 0.6) is 5.75 Å². The number of benzene rings is 1. The third kappa shape index (κ3) is 3.93. The highest BCUT2D eigenvalue weighted by molar-refractivity contribution is 5.94. The summed E-state index contributed by atoms with van der Waals surface area (Å²) in [6.45, 7) is 4.32. The molecule has 6 heteroatoms. The minimum absolute atomic E-state index is 0.0694. The Bertz CT molecular complexity index is 640. The van der Waals surface area contributed by atoms with E-state index < -0.39 is 0 Å². The second-order valence-electron chi connectivity index (χ2n) is 6.15. The van der Waals surface area contributed by atoms with E-state index in [-0.39, 0.29) is 11.9 Å². The summed E-state index contributed by atoms with van der Waals surface area (Å²) in [7, 11) is 0. The van der Waals surface area contributed by atoms with Gasteiger partial charge in [0.1, 0.15) is 18.4 Å². The third-order valence-corrected chi connectivity index (χ3v) is 4.36. The zero-order valence-corrected chi connectivity index (χ0v) is 14.1. The highest BCUT2D eigenvalue weighted by atomic mass is 16.5. The number of nitrogens with zero attached hydrogens (tertiary/aromatic N) is 4. The fraction of sp³-hybridized carbons (Fsp3) is 0.500. The van der Waals surface area contributed by atoms with Gasteiger partial charge >= 0.3 is 0 Å². The summed E-state index contributed by atoms with van der Waals surface area (Å²) < 4.78 is 7.50. The van der Waals surface area contributed by atoms with Crippen LogP contribution in [0.25, 0.3) is 0 Å². The van der Waals surface area contributed by atoms with E-state index in [1.165, 1.54) is 6.33 Å². The van der Waals surface area contributed by atoms with Crippen LogP contribution in [-0.2, 0) is 0 Å². The van der Waals surface area contributed by atoms with Crippen molar-refractivity contribution < 1.29 is 9.53 Å². The lowest BCUT2D eigenvalue weighted by Gasteiger charge is -2.32. The SMILES string of the molecule is CCCCOc1ccc(C(=O)N2CCCC(n3cncn3)C2)cc1. The predicted octanol–water partition coefficient (Wildman–Crippen LogP) is 2.93. The summed E-state index contributed by atoms with van der Waals surface area (Å²) in [6.07, 6.45) is 7.42. The number of aromatic nitrogens is 3. The van der Waals surface area contributed by atoms with Gasteiger partial charge in [0.05, 0.1) is 12.6 Å². The minimum Gasteiger partial charge on any atom is -0.494 e. The number of hydrogen-bond acceptors (Lipinski definition) is 4. The first-order valence-corrected chi connectivity index (χ1v) is 8.64. The van der Waals surface area contributed by atoms with Gasteiger partial charge in [0.25, 0.3) is 5.91 Å². The zero-order chi connectivity index (χ0) is 16.8. The van der Waals surface area contributed by atoms with E-state index in [9.17, 15) is 4.79 Å². The molecule has 1 unspecified atom stereocenters. The van der Waals surface area contributed by atoms with E-state index in [1.807, 2.05) is 33.8 Å². The van der Waals surface area contributed by atoms with E-state index >= 15 is 0 Å². The van der Waals surface area contributed by atoms with Crippen LogP contribution in [0.1, 0.15) is 49.0 Å². The Labute approximate surface area is 142 Å². The molecule has 1 aromatic heterocycles. The number of unbranched alkanes of at least 4 members (excludes halogenated alkanes) is 1. The number of carbonyl (C=O) groups excluding carboxylic acids is 1. The summed E-state index contributed by atoms with van der Waals surface area (Å²) >= 11 is 0. The average molecular weight is 328 g/mol. The fourth-order valence-electron chi connectivity index (χ4n) is 2.97. The van der Waals surface area contributed by atoms with Crippen LogP contribution in [0.4, 0.5) is 0 Å². The molecule has 0 bridgehead atoms. The predicted molar refractivity (Wildman–Crippen MR) is 91.0 cm³/mol. The van der Waals surface area contributed by atoms with Gasteiger partial charge in [0, 0.05) is 18.7 Å². The first-order chi connectivity index (χ1) is 11.8. The Morgan fingerprint density at radius 3 is 2.88 bits per heavy atom. The summed E-state index contributed by atoms with van der Waals surface area (Å²) in [6, 6.07) is 7.66. The molecule has 0 spiro atoms. The molecule has 0 saturated carbocycles. The summed E-state index contributed by atoms with van der Waals surface area (Å²) in [5.41, 5.74) is 0.706. The zero-order valence-electron chi connectivity index (χ0n) is 14.1. The smallest absolute Gasteiger partial charge is 0.253 e. The molecule has 1 aliphatic heterocycles. The van der Waals surface area contributed by atoms with Crippen molar-refractivity contribution in [3.8, 4) is 5.75 Å². The van der Waals surface area contributed by atoms with E-state index in [1.54, 1.807) is 6.33 Å². The maximum absolute atomic E-state index is 12.7. The number of piperidine rings is 1. The Morgan fingerprint density at radius 1 is 1.33 bits per heavy atom. The first kappa shape index (κ1) is 16.5. The molecule has 1 fully saturated rings. The summed E-state index contributed by atoms with van der Waals surface area (Å²) in [5.74, 6) is 0.888. The van der Waals surface area contributed by atoms with Crippen LogP contribution in [0.3, 0.4) is 0 Å². The van der Waals surface area contributed by atoms with Gasteiger partial charge in [-0.1, -0.05) is 13.3 Å². The largest absolute Gasteiger partial charge is 0.494 e. The summed E-state index contributed by atoms with van der Waals surface area (Å²) in [4.78, 5) is 18.6. The summed E-state index contributed by atoms with van der Waals surface area (Å²) in [5, 5.41) is 4.20. The molecule has 24 heavy (non-hydrogen) atoms. The third-order valence-electron chi connectivity index (χ3n) is 4.36. The number of rotatable bonds is 6. The quantitative estimate of drug-likeness (QED) is 0.765. The maximum atomic E-state index is 12.7. The van der Waals surface area contributed by atoms with Gasteiger partial charge in [-0.25, -0.2) is 9.67 Å². The lowest BCUT2D eigenvalue weighted by Crippen LogP contribution is -2.40. The Hall–Kier alpha value is -2.37. The van der Waals surface area contributed by atoms with Crippen molar-refractivity contribution >= 4 is 5.91 Å². The highest BCUT2D eigenvalue weighted by Crippen LogP contribution is 2.22. The molecule has 1 aliphatic rings. The monoisotopic (exact) mass is 328 g/mol. The lowest BCUT2D eigenvalue weighted by atomic mass is 10.0. The number of carbonyl (C=O) groups is 1. The van der Waals surface area contributed by atoms with Crippen LogP contribution in [0, 0.1) is 0 Å². The topological polar surface area (TPSA) is 60.2 Å². The van der Waals surface area contributed by atoms with Gasteiger partial charge in [0.15, 0.2) is 0 Å². The van der Waals surface area contributed by atoms with Crippen molar-refractivity contribution in [2.75, 3.05) is 19.7 Å². The molecule has 128 valence electrons. The second kappa shape index (κ2) is 7.95. The molecule has 1 saturated heterocycles. The molecular weight excluding hydrogens is 304 g/mol. The van der Waals surface area contributed by atoms with Crippen LogP contribution >= 0.6 is 0 Å². The van der Waals surface area contributed by atoms with Crippen LogP contribution < -0.4 is 4.74 Å². The number of likely N-dealkylation sites (tertiary alicyclic amines) is 1. The van der Waals surface area contributed by atoms with Crippen LogP contribution in [-0.4, -0.2) is 45.3 Å². The Balaban J connectivity index is 1.61. The normalized spacial score (nSPS) is 17.7. The molecule has 0 aliphatic carbocycles. The molecule has 0 radical (unpaired) electrons. The average Bonchev–Trinajstić information content (AvgIpc) is 3.17. The maximum Gasteiger partial charge on any atom is 0.253 e. The van der Waals surface area contributed by atoms with Crippen molar-refractivity contribution in [3.05, 3.63) is 42.5 Å². The van der Waals surface area contributed by atoms with Gasteiger partial charge in [-0.05, 0) is 43.5 Å². The van der Waals surface area contributed by atoms with Crippen molar-refractivity contribution in [3.63, 3.8) is 0 Å². The number of ether oxygens (including phenoxy) is 1. The molecular formula is C18H24N4O2. The Kier molecular flexibility index (Phi) is 5.46. The van der Waals surface area contributed by atoms with Crippen molar-refractivity contribution in [2.45, 2.75) is 38.6 Å². The fourth-order valence-corrected chi connectivity index (χ4v) is 2.97. The van der Waals surface area contributed by atoms with Gasteiger partial charge in [-0.2, -0.15) is 5.10 Å². The van der Waals surface area contributed by atoms with Gasteiger partial charge < -0.3 is 9.64 Å². The van der Waals surface area contributed by atoms with Crippen molar-refractivity contribution in [1.82, 2.24) is 19.7 Å². The van der Waals surface area contributed by atoms with Gasteiger partial charge in [0.2, 0.25) is 0 Å². The molecule has 2 aromatic rings. The van der Waals surface area contributed by atoms with E-state index in [2.05, 4.69) is 17.0 Å². The van der Waals surface area contributed by atoms with E-state index in [0.29, 0.717) is 12.1 Å². The van der Waals surface area contributed by atoms with Crippen LogP contribution in [0.15, 0.2) is 36.9 Å². The highest BCUT2D eigenvalue weighted by Gasteiger charge is 2.25. The standard InChI is InChI=1S/C18H24N4O2/c1-2-3-11-24-17-8-6-15(7-9-17)18(23)21-10-4-5-16(12-21)22-14-19-13-20-22/h6-9,13-14,16H,2-5,10-12H2,1H3. The van der Waals surface area contributed by atoms with E-state index in [4.69, 9.17) is 4.74 Å². The molecule has 1 amide bonds. The number of amides is 1. The van der Waals surface area contributed by atoms with Gasteiger partial charge in [-0.15, -0.1) is 0 Å². The molecule has 1 aromatic carbocycles. The van der Waals surface area contributed by atoms with Crippen molar-refractivity contribution in [2.24, 2.45) is 0 Å². The first-order valence-electron chi connectivity index (χ1n) is 8.64. The van der Waals surface area contributed by atoms with E-state index in [0.717, 1.165) is 44.6 Å².